The summed E-state index contributed by atoms with van der Waals surface area (Å²) in [4.78, 5) is -0.160. The van der Waals surface area contributed by atoms with Crippen LogP contribution in [0.3, 0.4) is 0 Å². The molecule has 1 rings (SSSR count). The number of nitrogens with two attached hydrogens (primary N) is 1. The molecule has 0 spiro atoms. The van der Waals surface area contributed by atoms with Crippen LogP contribution in [-0.4, -0.2) is 28.2 Å². The second kappa shape index (κ2) is 6.84. The maximum Gasteiger partial charge on any atom is 0.242 e. The van der Waals surface area contributed by atoms with Gasteiger partial charge in [-0.3, -0.25) is 0 Å². The van der Waals surface area contributed by atoms with E-state index in [-0.39, 0.29) is 27.6 Å². The lowest BCUT2D eigenvalue weighted by Gasteiger charge is -2.22. The number of anilines is 1. The highest BCUT2D eigenvalue weighted by Gasteiger charge is 2.25. The molecule has 3 N–H and O–H groups in total. The van der Waals surface area contributed by atoms with E-state index in [1.54, 1.807) is 0 Å². The molecule has 0 aromatic heterocycles. The lowest BCUT2D eigenvalue weighted by atomic mass is 10.1. The first-order valence-electron chi connectivity index (χ1n) is 5.94. The molecule has 1 unspecified atom stereocenters. The van der Waals surface area contributed by atoms with E-state index >= 15 is 0 Å². The molecular formula is C12H18BrFN2O3S. The van der Waals surface area contributed by atoms with Gasteiger partial charge in [0.2, 0.25) is 10.0 Å². The van der Waals surface area contributed by atoms with Crippen LogP contribution in [0.1, 0.15) is 13.8 Å². The third kappa shape index (κ3) is 4.15. The number of rotatable bonds is 6. The number of methoxy groups -OCH3 is 1. The van der Waals surface area contributed by atoms with Gasteiger partial charge in [0, 0.05) is 13.2 Å². The van der Waals surface area contributed by atoms with Crippen molar-refractivity contribution in [2.45, 2.75) is 24.8 Å². The molecule has 20 heavy (non-hydrogen) atoms. The fourth-order valence-electron chi connectivity index (χ4n) is 1.58. The van der Waals surface area contributed by atoms with Crippen LogP contribution < -0.4 is 10.5 Å². The van der Waals surface area contributed by atoms with Gasteiger partial charge in [-0.2, -0.15) is 0 Å². The predicted molar refractivity (Wildman–Crippen MR) is 79.3 cm³/mol. The first kappa shape index (κ1) is 17.4. The average Bonchev–Trinajstić information content (AvgIpc) is 2.32. The van der Waals surface area contributed by atoms with Gasteiger partial charge in [-0.25, -0.2) is 17.5 Å². The molecule has 0 radical (unpaired) electrons. The van der Waals surface area contributed by atoms with Crippen LogP contribution in [0.5, 0.6) is 0 Å². The molecule has 114 valence electrons. The van der Waals surface area contributed by atoms with Gasteiger partial charge in [0.1, 0.15) is 10.7 Å². The Morgan fingerprint density at radius 1 is 1.45 bits per heavy atom. The quantitative estimate of drug-likeness (QED) is 0.753. The van der Waals surface area contributed by atoms with E-state index in [4.69, 9.17) is 10.5 Å². The maximum atomic E-state index is 13.3. The lowest BCUT2D eigenvalue weighted by molar-refractivity contribution is 0.157. The minimum absolute atomic E-state index is 0.0369. The van der Waals surface area contributed by atoms with Crippen LogP contribution in [-0.2, 0) is 14.8 Å². The molecule has 1 aromatic rings. The molecule has 0 amide bonds. The number of sulfonamides is 1. The second-order valence-electron chi connectivity index (χ2n) is 4.73. The zero-order valence-electron chi connectivity index (χ0n) is 11.5. The monoisotopic (exact) mass is 368 g/mol. The van der Waals surface area contributed by atoms with Crippen molar-refractivity contribution in [1.82, 2.24) is 4.72 Å². The molecule has 0 aliphatic rings. The molecule has 0 aliphatic heterocycles. The third-order valence-electron chi connectivity index (χ3n) is 2.80. The number of benzene rings is 1. The molecule has 1 atom stereocenters. The van der Waals surface area contributed by atoms with Crippen molar-refractivity contribution in [3.05, 3.63) is 22.4 Å². The zero-order valence-corrected chi connectivity index (χ0v) is 13.9. The molecule has 0 heterocycles. The maximum absolute atomic E-state index is 13.3. The Morgan fingerprint density at radius 3 is 2.55 bits per heavy atom. The SMILES string of the molecule is COCC(NS(=O)(=O)c1cc(Br)c(F)cc1N)C(C)C. The average molecular weight is 369 g/mol. The summed E-state index contributed by atoms with van der Waals surface area (Å²) in [5, 5.41) is 0. The number of hydrogen-bond donors (Lipinski definition) is 2. The fraction of sp³-hybridized carbons (Fsp3) is 0.500. The van der Waals surface area contributed by atoms with Crippen molar-refractivity contribution in [3.63, 3.8) is 0 Å². The molecule has 8 heteroatoms. The first-order chi connectivity index (χ1) is 9.19. The summed E-state index contributed by atoms with van der Waals surface area (Å²) >= 11 is 2.95. The van der Waals surface area contributed by atoms with Crippen molar-refractivity contribution >= 4 is 31.6 Å². The molecule has 0 bridgehead atoms. The number of nitrogens with one attached hydrogen (secondary N) is 1. The van der Waals surface area contributed by atoms with Crippen LogP contribution in [0.15, 0.2) is 21.5 Å². The minimum Gasteiger partial charge on any atom is -0.398 e. The van der Waals surface area contributed by atoms with Gasteiger partial charge in [0.25, 0.3) is 0 Å². The van der Waals surface area contributed by atoms with Crippen LogP contribution in [0.2, 0.25) is 0 Å². The van der Waals surface area contributed by atoms with E-state index in [9.17, 15) is 12.8 Å². The number of halogens is 2. The van der Waals surface area contributed by atoms with Gasteiger partial charge in [-0.1, -0.05) is 13.8 Å². The standard InChI is InChI=1S/C12H18BrFN2O3S/c1-7(2)11(6-19-3)16-20(17,18)12-4-8(13)9(14)5-10(12)15/h4-5,7,11,16H,6,15H2,1-3H3. The van der Waals surface area contributed by atoms with Crippen molar-refractivity contribution in [1.29, 1.82) is 0 Å². The van der Waals surface area contributed by atoms with Gasteiger partial charge in [0.05, 0.1) is 16.8 Å². The highest BCUT2D eigenvalue weighted by molar-refractivity contribution is 9.10. The molecule has 5 nitrogen and oxygen atoms in total. The van der Waals surface area contributed by atoms with Crippen molar-refractivity contribution < 1.29 is 17.5 Å². The van der Waals surface area contributed by atoms with E-state index in [2.05, 4.69) is 20.7 Å². The molecule has 0 saturated carbocycles. The minimum atomic E-state index is -3.85. The van der Waals surface area contributed by atoms with E-state index in [1.807, 2.05) is 13.8 Å². The second-order valence-corrected chi connectivity index (χ2v) is 7.27. The van der Waals surface area contributed by atoms with E-state index in [0.717, 1.165) is 12.1 Å². The van der Waals surface area contributed by atoms with Gasteiger partial charge in [0.15, 0.2) is 0 Å². The molecule has 0 saturated heterocycles. The molecule has 0 aliphatic carbocycles. The summed E-state index contributed by atoms with van der Waals surface area (Å²) in [6.07, 6.45) is 0. The molecular weight excluding hydrogens is 351 g/mol. The Labute approximate surface area is 126 Å². The van der Waals surface area contributed by atoms with Gasteiger partial charge >= 0.3 is 0 Å². The summed E-state index contributed by atoms with van der Waals surface area (Å²) < 4.78 is 45.5. The Hall–Kier alpha value is -0.700. The van der Waals surface area contributed by atoms with Crippen LogP contribution in [0.4, 0.5) is 10.1 Å². The largest absolute Gasteiger partial charge is 0.398 e. The van der Waals surface area contributed by atoms with E-state index in [0.29, 0.717) is 0 Å². The summed E-state index contributed by atoms with van der Waals surface area (Å²) in [6, 6.07) is 1.73. The summed E-state index contributed by atoms with van der Waals surface area (Å²) in [7, 11) is -2.36. The fourth-order valence-corrected chi connectivity index (χ4v) is 3.58. The molecule has 1 aromatic carbocycles. The Morgan fingerprint density at radius 2 is 2.05 bits per heavy atom. The predicted octanol–water partition coefficient (Wildman–Crippen LogP) is 2.12. The van der Waals surface area contributed by atoms with Crippen molar-refractivity contribution in [2.75, 3.05) is 19.5 Å². The number of ether oxygens (including phenoxy) is 1. The van der Waals surface area contributed by atoms with Crippen molar-refractivity contribution in [3.8, 4) is 0 Å². The number of hydrogen-bond acceptors (Lipinski definition) is 4. The molecule has 0 fully saturated rings. The topological polar surface area (TPSA) is 81.4 Å². The van der Waals surface area contributed by atoms with E-state index in [1.165, 1.54) is 7.11 Å². The number of nitrogen functional groups attached to an aromatic ring is 1. The van der Waals surface area contributed by atoms with Crippen LogP contribution >= 0.6 is 15.9 Å². The van der Waals surface area contributed by atoms with Crippen LogP contribution in [0.25, 0.3) is 0 Å². The summed E-state index contributed by atoms with van der Waals surface area (Å²) in [6.45, 7) is 3.98. The van der Waals surface area contributed by atoms with E-state index < -0.39 is 21.9 Å². The summed E-state index contributed by atoms with van der Waals surface area (Å²) in [5.74, 6) is -0.575. The summed E-state index contributed by atoms with van der Waals surface area (Å²) in [5.41, 5.74) is 5.45. The van der Waals surface area contributed by atoms with Gasteiger partial charge in [-0.15, -0.1) is 0 Å². The highest BCUT2D eigenvalue weighted by Crippen LogP contribution is 2.26. The highest BCUT2D eigenvalue weighted by atomic mass is 79.9. The zero-order chi connectivity index (χ0) is 15.5. The lowest BCUT2D eigenvalue weighted by Crippen LogP contribution is -2.41. The Balaban J connectivity index is 3.13. The first-order valence-corrected chi connectivity index (χ1v) is 8.22. The van der Waals surface area contributed by atoms with Gasteiger partial charge < -0.3 is 10.5 Å². The van der Waals surface area contributed by atoms with Gasteiger partial charge in [-0.05, 0) is 34.0 Å². The Bertz CT molecular complexity index is 578. The van der Waals surface area contributed by atoms with Crippen LogP contribution in [0, 0.1) is 11.7 Å². The normalized spacial score (nSPS) is 13.7. The third-order valence-corrected chi connectivity index (χ3v) is 4.95. The Kier molecular flexibility index (Phi) is 5.93. The van der Waals surface area contributed by atoms with Crippen molar-refractivity contribution in [2.24, 2.45) is 5.92 Å². The smallest absolute Gasteiger partial charge is 0.242 e.